The van der Waals surface area contributed by atoms with Crippen molar-refractivity contribution in [1.82, 2.24) is 10.2 Å². The van der Waals surface area contributed by atoms with Gasteiger partial charge in [-0.05, 0) is 25.1 Å². The van der Waals surface area contributed by atoms with Crippen molar-refractivity contribution < 1.29 is 28.6 Å². The average Bonchev–Trinajstić information content (AvgIpc) is 3.23. The minimum Gasteiger partial charge on any atom is -0.493 e. The van der Waals surface area contributed by atoms with Crippen LogP contribution in [0.2, 0.25) is 0 Å². The maximum Gasteiger partial charge on any atom is 0.341 e. The van der Waals surface area contributed by atoms with Crippen LogP contribution in [0.1, 0.15) is 24.8 Å². The molecule has 126 valence electrons. The molecule has 0 bridgehead atoms. The first-order valence-corrected chi connectivity index (χ1v) is 7.06. The number of benzene rings is 1. The second-order valence-electron chi connectivity index (χ2n) is 5.33. The molecule has 0 radical (unpaired) electrons. The molecule has 1 unspecified atom stereocenters. The van der Waals surface area contributed by atoms with Crippen LogP contribution in [0, 0.1) is 0 Å². The highest BCUT2D eigenvalue weighted by molar-refractivity contribution is 6.02. The summed E-state index contributed by atoms with van der Waals surface area (Å²) >= 11 is 0. The number of methoxy groups -OCH3 is 1. The van der Waals surface area contributed by atoms with Crippen molar-refractivity contribution in [1.29, 1.82) is 0 Å². The molecule has 9 nitrogen and oxygen atoms in total. The van der Waals surface area contributed by atoms with Gasteiger partial charge in [0.1, 0.15) is 0 Å². The number of nitrogens with zero attached hydrogens (tertiary/aromatic N) is 3. The van der Waals surface area contributed by atoms with Crippen molar-refractivity contribution in [2.45, 2.75) is 18.9 Å². The fraction of sp³-hybridized carbons (Fsp3) is 0.333. The van der Waals surface area contributed by atoms with Crippen molar-refractivity contribution in [3.05, 3.63) is 36.0 Å². The summed E-state index contributed by atoms with van der Waals surface area (Å²) in [6, 6.07) is 5.12. The van der Waals surface area contributed by atoms with E-state index in [-0.39, 0.29) is 0 Å². The summed E-state index contributed by atoms with van der Waals surface area (Å²) in [5, 5.41) is 20.4. The molecule has 0 saturated heterocycles. The van der Waals surface area contributed by atoms with Gasteiger partial charge in [-0.25, -0.2) is 4.79 Å². The summed E-state index contributed by atoms with van der Waals surface area (Å²) in [6.45, 7) is 1.32. The van der Waals surface area contributed by atoms with E-state index in [1.54, 1.807) is 25.1 Å². The van der Waals surface area contributed by atoms with Crippen LogP contribution in [0.25, 0.3) is 0 Å². The Kier molecular flexibility index (Phi) is 4.07. The molecule has 1 aliphatic rings. The second kappa shape index (κ2) is 6.19. The molecule has 9 heteroatoms. The zero-order valence-electron chi connectivity index (χ0n) is 13.1. The van der Waals surface area contributed by atoms with E-state index >= 15 is 0 Å². The number of ether oxygens (including phenoxy) is 2. The summed E-state index contributed by atoms with van der Waals surface area (Å²) in [5.41, 5.74) is 0.534. The van der Waals surface area contributed by atoms with Crippen molar-refractivity contribution in [3.63, 3.8) is 0 Å². The molecule has 24 heavy (non-hydrogen) atoms. The van der Waals surface area contributed by atoms with Crippen LogP contribution < -0.4 is 9.47 Å². The molecule has 2 aromatic rings. The van der Waals surface area contributed by atoms with Crippen LogP contribution >= 0.6 is 0 Å². The standard InChI is InChI=1S/C15H15N3O6/c1-15(14-17-16-8-23-14)6-10(18-24-15)9-3-4-11(21-2)12(5-9)22-7-13(19)20/h3-5,8H,6-7H2,1-2H3,(H,19,20). The van der Waals surface area contributed by atoms with Gasteiger partial charge in [-0.15, -0.1) is 10.2 Å². The van der Waals surface area contributed by atoms with Crippen LogP contribution in [0.4, 0.5) is 0 Å². The van der Waals surface area contributed by atoms with E-state index in [0.29, 0.717) is 29.5 Å². The van der Waals surface area contributed by atoms with Gasteiger partial charge in [0, 0.05) is 12.0 Å². The highest BCUT2D eigenvalue weighted by atomic mass is 16.7. The third-order valence-electron chi connectivity index (χ3n) is 3.52. The number of carbonyl (C=O) groups is 1. The fourth-order valence-electron chi connectivity index (χ4n) is 2.32. The topological polar surface area (TPSA) is 116 Å². The monoisotopic (exact) mass is 333 g/mol. The predicted molar refractivity (Wildman–Crippen MR) is 80.0 cm³/mol. The van der Waals surface area contributed by atoms with Gasteiger partial charge in [0.15, 0.2) is 18.1 Å². The van der Waals surface area contributed by atoms with Gasteiger partial charge < -0.3 is 23.8 Å². The number of hydrogen-bond donors (Lipinski definition) is 1. The molecular formula is C15H15N3O6. The minimum absolute atomic E-state index is 0.312. The lowest BCUT2D eigenvalue weighted by Gasteiger charge is -2.16. The Morgan fingerprint density at radius 3 is 2.92 bits per heavy atom. The molecule has 0 aliphatic carbocycles. The normalized spacial score (nSPS) is 19.5. The number of aliphatic carboxylic acids is 1. The van der Waals surface area contributed by atoms with E-state index in [9.17, 15) is 4.79 Å². The van der Waals surface area contributed by atoms with Gasteiger partial charge in [-0.1, -0.05) is 5.16 Å². The Morgan fingerprint density at radius 2 is 2.25 bits per heavy atom. The van der Waals surface area contributed by atoms with Crippen LogP contribution in [-0.2, 0) is 15.2 Å². The van der Waals surface area contributed by atoms with Gasteiger partial charge >= 0.3 is 5.97 Å². The summed E-state index contributed by atoms with van der Waals surface area (Å²) < 4.78 is 15.6. The first kappa shape index (κ1) is 15.8. The molecule has 1 N–H and O–H groups in total. The van der Waals surface area contributed by atoms with Crippen LogP contribution in [0.5, 0.6) is 11.5 Å². The summed E-state index contributed by atoms with van der Waals surface area (Å²) in [4.78, 5) is 16.2. The van der Waals surface area contributed by atoms with Crippen LogP contribution in [0.15, 0.2) is 34.2 Å². The maximum atomic E-state index is 10.7. The number of aromatic nitrogens is 2. The quantitative estimate of drug-likeness (QED) is 0.847. The molecule has 3 rings (SSSR count). The number of oxime groups is 1. The Hall–Kier alpha value is -3.10. The van der Waals surface area contributed by atoms with Crippen LogP contribution in [0.3, 0.4) is 0 Å². The third kappa shape index (κ3) is 3.00. The van der Waals surface area contributed by atoms with Crippen molar-refractivity contribution in [3.8, 4) is 11.5 Å². The zero-order chi connectivity index (χ0) is 17.2. The lowest BCUT2D eigenvalue weighted by atomic mass is 9.95. The van der Waals surface area contributed by atoms with Crippen molar-refractivity contribution in [2.75, 3.05) is 13.7 Å². The first-order valence-electron chi connectivity index (χ1n) is 7.06. The van der Waals surface area contributed by atoms with Crippen molar-refractivity contribution >= 4 is 11.7 Å². The Balaban J connectivity index is 1.82. The lowest BCUT2D eigenvalue weighted by Crippen LogP contribution is -2.22. The Labute approximate surface area is 136 Å². The summed E-state index contributed by atoms with van der Waals surface area (Å²) in [5.74, 6) is -0.00394. The number of carboxylic acid groups (broad SMARTS) is 1. The lowest BCUT2D eigenvalue weighted by molar-refractivity contribution is -0.139. The van der Waals surface area contributed by atoms with Gasteiger partial charge in [0.25, 0.3) is 5.89 Å². The molecule has 2 heterocycles. The molecule has 1 aromatic carbocycles. The zero-order valence-corrected chi connectivity index (χ0v) is 13.1. The minimum atomic E-state index is -1.08. The highest BCUT2D eigenvalue weighted by Gasteiger charge is 2.41. The Morgan fingerprint density at radius 1 is 1.42 bits per heavy atom. The van der Waals surface area contributed by atoms with Crippen molar-refractivity contribution in [2.24, 2.45) is 5.16 Å². The van der Waals surface area contributed by atoms with E-state index in [2.05, 4.69) is 15.4 Å². The number of hydrogen-bond acceptors (Lipinski definition) is 8. The fourth-order valence-corrected chi connectivity index (χ4v) is 2.32. The van der Waals surface area contributed by atoms with Crippen LogP contribution in [-0.4, -0.2) is 40.7 Å². The van der Waals surface area contributed by atoms with E-state index in [1.165, 1.54) is 13.5 Å². The molecule has 0 amide bonds. The highest BCUT2D eigenvalue weighted by Crippen LogP contribution is 2.36. The summed E-state index contributed by atoms with van der Waals surface area (Å²) in [7, 11) is 1.48. The van der Waals surface area contributed by atoms with E-state index < -0.39 is 18.2 Å². The van der Waals surface area contributed by atoms with Gasteiger partial charge in [-0.3, -0.25) is 0 Å². The molecule has 1 atom stereocenters. The number of carboxylic acids is 1. The molecule has 1 aliphatic heterocycles. The third-order valence-corrected chi connectivity index (χ3v) is 3.52. The molecule has 0 spiro atoms. The maximum absolute atomic E-state index is 10.7. The predicted octanol–water partition coefficient (Wildman–Crippen LogP) is 1.58. The second-order valence-corrected chi connectivity index (χ2v) is 5.33. The van der Waals surface area contributed by atoms with Gasteiger partial charge in [0.2, 0.25) is 12.0 Å². The molecule has 1 aromatic heterocycles. The molecular weight excluding hydrogens is 318 g/mol. The molecule has 0 saturated carbocycles. The summed E-state index contributed by atoms with van der Waals surface area (Å²) in [6.07, 6.45) is 1.65. The van der Waals surface area contributed by atoms with E-state index in [4.69, 9.17) is 23.8 Å². The smallest absolute Gasteiger partial charge is 0.341 e. The van der Waals surface area contributed by atoms with Gasteiger partial charge in [-0.2, -0.15) is 0 Å². The molecule has 0 fully saturated rings. The Bertz CT molecular complexity index is 774. The average molecular weight is 333 g/mol. The van der Waals surface area contributed by atoms with E-state index in [0.717, 1.165) is 5.56 Å². The van der Waals surface area contributed by atoms with E-state index in [1.807, 2.05) is 0 Å². The number of rotatable bonds is 6. The SMILES string of the molecule is COc1ccc(C2=NOC(C)(c3nnco3)C2)cc1OCC(=O)O. The largest absolute Gasteiger partial charge is 0.493 e. The van der Waals surface area contributed by atoms with Gasteiger partial charge in [0.05, 0.1) is 12.8 Å². The first-order chi connectivity index (χ1) is 11.5.